The number of methoxy groups -OCH3 is 1. The van der Waals surface area contributed by atoms with Gasteiger partial charge in [-0.25, -0.2) is 5.43 Å². The van der Waals surface area contributed by atoms with Gasteiger partial charge in [0.05, 0.1) is 13.2 Å². The van der Waals surface area contributed by atoms with Gasteiger partial charge in [0, 0.05) is 0 Å². The van der Waals surface area contributed by atoms with Crippen LogP contribution in [0.5, 0.6) is 5.75 Å². The number of aryl methyl sites for hydroxylation is 3. The van der Waals surface area contributed by atoms with Crippen LogP contribution in [0.2, 0.25) is 0 Å². The SMILES string of the molecule is COc1ccc(C(NN)c2ccc(C)c(C)c2)cc1C. The van der Waals surface area contributed by atoms with E-state index in [1.165, 1.54) is 16.7 Å². The van der Waals surface area contributed by atoms with Gasteiger partial charge in [0.2, 0.25) is 0 Å². The Labute approximate surface area is 120 Å². The van der Waals surface area contributed by atoms with Crippen molar-refractivity contribution in [3.8, 4) is 5.75 Å². The predicted octanol–water partition coefficient (Wildman–Crippen LogP) is 3.17. The summed E-state index contributed by atoms with van der Waals surface area (Å²) >= 11 is 0. The molecule has 0 amide bonds. The smallest absolute Gasteiger partial charge is 0.121 e. The summed E-state index contributed by atoms with van der Waals surface area (Å²) in [4.78, 5) is 0. The minimum absolute atomic E-state index is 0.0149. The first-order valence-electron chi connectivity index (χ1n) is 6.74. The Hall–Kier alpha value is -1.84. The molecule has 2 aromatic rings. The Morgan fingerprint density at radius 1 is 0.900 bits per heavy atom. The van der Waals surface area contributed by atoms with Crippen LogP contribution in [-0.2, 0) is 0 Å². The average Bonchev–Trinajstić information content (AvgIpc) is 2.44. The van der Waals surface area contributed by atoms with E-state index in [9.17, 15) is 0 Å². The van der Waals surface area contributed by atoms with Crippen LogP contribution in [0.4, 0.5) is 0 Å². The van der Waals surface area contributed by atoms with Gasteiger partial charge in [-0.1, -0.05) is 30.3 Å². The summed E-state index contributed by atoms with van der Waals surface area (Å²) in [5.74, 6) is 6.66. The number of hydrazine groups is 1. The summed E-state index contributed by atoms with van der Waals surface area (Å²) in [5, 5.41) is 0. The van der Waals surface area contributed by atoms with Crippen molar-refractivity contribution in [1.29, 1.82) is 0 Å². The van der Waals surface area contributed by atoms with Crippen molar-refractivity contribution in [2.75, 3.05) is 7.11 Å². The van der Waals surface area contributed by atoms with Gasteiger partial charge >= 0.3 is 0 Å². The van der Waals surface area contributed by atoms with E-state index in [0.29, 0.717) is 0 Å². The summed E-state index contributed by atoms with van der Waals surface area (Å²) in [7, 11) is 1.68. The second kappa shape index (κ2) is 6.07. The molecule has 3 nitrogen and oxygen atoms in total. The van der Waals surface area contributed by atoms with Crippen LogP contribution in [0.15, 0.2) is 36.4 Å². The van der Waals surface area contributed by atoms with E-state index in [-0.39, 0.29) is 6.04 Å². The lowest BCUT2D eigenvalue weighted by molar-refractivity contribution is 0.411. The van der Waals surface area contributed by atoms with Crippen molar-refractivity contribution in [3.63, 3.8) is 0 Å². The molecule has 0 bridgehead atoms. The monoisotopic (exact) mass is 270 g/mol. The maximum Gasteiger partial charge on any atom is 0.121 e. The molecule has 0 saturated carbocycles. The van der Waals surface area contributed by atoms with Crippen molar-refractivity contribution in [2.45, 2.75) is 26.8 Å². The van der Waals surface area contributed by atoms with Gasteiger partial charge in [-0.2, -0.15) is 0 Å². The molecule has 0 saturated heterocycles. The number of ether oxygens (including phenoxy) is 1. The van der Waals surface area contributed by atoms with Crippen molar-refractivity contribution in [1.82, 2.24) is 5.43 Å². The van der Waals surface area contributed by atoms with E-state index in [4.69, 9.17) is 10.6 Å². The van der Waals surface area contributed by atoms with Gasteiger partial charge in [0.15, 0.2) is 0 Å². The number of nitrogens with one attached hydrogen (secondary N) is 1. The van der Waals surface area contributed by atoms with E-state index in [1.54, 1.807) is 7.11 Å². The molecule has 2 rings (SSSR count). The Bertz CT molecular complexity index is 608. The molecule has 1 unspecified atom stereocenters. The molecule has 0 heterocycles. The van der Waals surface area contributed by atoms with Crippen LogP contribution in [0.3, 0.4) is 0 Å². The molecular weight excluding hydrogens is 248 g/mol. The van der Waals surface area contributed by atoms with E-state index in [2.05, 4.69) is 43.5 Å². The summed E-state index contributed by atoms with van der Waals surface area (Å²) in [5.41, 5.74) is 8.87. The fourth-order valence-electron chi connectivity index (χ4n) is 2.41. The molecule has 3 heteroatoms. The molecule has 3 N–H and O–H groups in total. The number of hydrogen-bond acceptors (Lipinski definition) is 3. The van der Waals surface area contributed by atoms with Gasteiger partial charge in [-0.05, 0) is 54.7 Å². The summed E-state index contributed by atoms with van der Waals surface area (Å²) in [6.07, 6.45) is 0. The minimum Gasteiger partial charge on any atom is -0.496 e. The fourth-order valence-corrected chi connectivity index (χ4v) is 2.41. The van der Waals surface area contributed by atoms with Crippen LogP contribution in [0, 0.1) is 20.8 Å². The molecule has 1 atom stereocenters. The zero-order valence-corrected chi connectivity index (χ0v) is 12.5. The van der Waals surface area contributed by atoms with Crippen LogP contribution < -0.4 is 16.0 Å². The quantitative estimate of drug-likeness (QED) is 0.662. The lowest BCUT2D eigenvalue weighted by Gasteiger charge is -2.19. The highest BCUT2D eigenvalue weighted by Crippen LogP contribution is 2.27. The molecule has 0 fully saturated rings. The molecule has 0 aliphatic heterocycles. The number of nitrogens with two attached hydrogens (primary N) is 1. The van der Waals surface area contributed by atoms with Crippen LogP contribution in [-0.4, -0.2) is 7.11 Å². The molecule has 20 heavy (non-hydrogen) atoms. The molecule has 0 spiro atoms. The Balaban J connectivity index is 2.41. The fraction of sp³-hybridized carbons (Fsp3) is 0.294. The Morgan fingerprint density at radius 2 is 1.50 bits per heavy atom. The number of benzene rings is 2. The summed E-state index contributed by atoms with van der Waals surface area (Å²) in [6, 6.07) is 12.6. The first-order chi connectivity index (χ1) is 9.56. The van der Waals surface area contributed by atoms with E-state index >= 15 is 0 Å². The van der Waals surface area contributed by atoms with Gasteiger partial charge in [-0.15, -0.1) is 0 Å². The summed E-state index contributed by atoms with van der Waals surface area (Å²) < 4.78 is 5.30. The Morgan fingerprint density at radius 3 is 2.00 bits per heavy atom. The molecule has 0 aromatic heterocycles. The topological polar surface area (TPSA) is 47.3 Å². The molecular formula is C17H22N2O. The second-order valence-corrected chi connectivity index (χ2v) is 5.17. The highest BCUT2D eigenvalue weighted by atomic mass is 16.5. The third-order valence-electron chi connectivity index (χ3n) is 3.78. The molecule has 2 aromatic carbocycles. The second-order valence-electron chi connectivity index (χ2n) is 5.17. The largest absolute Gasteiger partial charge is 0.496 e. The number of hydrogen-bond donors (Lipinski definition) is 2. The maximum absolute atomic E-state index is 5.76. The zero-order chi connectivity index (χ0) is 14.7. The summed E-state index contributed by atoms with van der Waals surface area (Å²) in [6.45, 7) is 6.27. The zero-order valence-electron chi connectivity index (χ0n) is 12.5. The van der Waals surface area contributed by atoms with Crippen LogP contribution in [0.1, 0.15) is 33.9 Å². The van der Waals surface area contributed by atoms with E-state index < -0.39 is 0 Å². The van der Waals surface area contributed by atoms with Gasteiger partial charge in [0.25, 0.3) is 0 Å². The van der Waals surface area contributed by atoms with Crippen molar-refractivity contribution < 1.29 is 4.74 Å². The number of rotatable bonds is 4. The maximum atomic E-state index is 5.76. The van der Waals surface area contributed by atoms with Gasteiger partial charge in [-0.3, -0.25) is 5.84 Å². The van der Waals surface area contributed by atoms with E-state index in [1.807, 2.05) is 19.1 Å². The van der Waals surface area contributed by atoms with Crippen LogP contribution in [0.25, 0.3) is 0 Å². The van der Waals surface area contributed by atoms with Crippen molar-refractivity contribution in [3.05, 3.63) is 64.2 Å². The predicted molar refractivity (Wildman–Crippen MR) is 82.8 cm³/mol. The first-order valence-corrected chi connectivity index (χ1v) is 6.74. The molecule has 0 aliphatic rings. The van der Waals surface area contributed by atoms with Gasteiger partial charge in [0.1, 0.15) is 5.75 Å². The van der Waals surface area contributed by atoms with Gasteiger partial charge < -0.3 is 4.74 Å². The lowest BCUT2D eigenvalue weighted by atomic mass is 9.95. The average molecular weight is 270 g/mol. The van der Waals surface area contributed by atoms with Crippen molar-refractivity contribution >= 4 is 0 Å². The molecule has 0 radical (unpaired) electrons. The van der Waals surface area contributed by atoms with E-state index in [0.717, 1.165) is 16.9 Å². The highest BCUT2D eigenvalue weighted by Gasteiger charge is 2.14. The third-order valence-corrected chi connectivity index (χ3v) is 3.78. The molecule has 0 aliphatic carbocycles. The van der Waals surface area contributed by atoms with Crippen molar-refractivity contribution in [2.24, 2.45) is 5.84 Å². The first kappa shape index (κ1) is 14.6. The van der Waals surface area contributed by atoms with Crippen LogP contribution >= 0.6 is 0 Å². The molecule has 106 valence electrons. The third kappa shape index (κ3) is 2.84. The Kier molecular flexibility index (Phi) is 4.42. The minimum atomic E-state index is -0.0149. The highest BCUT2D eigenvalue weighted by molar-refractivity contribution is 5.42. The standard InChI is InChI=1S/C17H22N2O/c1-11-5-6-14(9-12(11)2)17(19-18)15-7-8-16(20-4)13(3)10-15/h5-10,17,19H,18H2,1-4H3. The normalized spacial score (nSPS) is 12.2. The lowest BCUT2D eigenvalue weighted by Crippen LogP contribution is -2.29.